The Bertz CT molecular complexity index is 1720. The summed E-state index contributed by atoms with van der Waals surface area (Å²) in [5, 5.41) is 4.26. The number of hydrogen-bond donors (Lipinski definition) is 1. The van der Waals surface area contributed by atoms with Crippen LogP contribution in [0.2, 0.25) is 0 Å². The van der Waals surface area contributed by atoms with E-state index in [4.69, 9.17) is 0 Å². The number of halogens is 4. The van der Waals surface area contributed by atoms with Gasteiger partial charge in [0.05, 0.1) is 16.0 Å². The van der Waals surface area contributed by atoms with Crippen molar-refractivity contribution < 1.29 is 26.0 Å². The molecule has 0 bridgehead atoms. The molecule has 6 nitrogen and oxygen atoms in total. The zero-order valence-electron chi connectivity index (χ0n) is 21.5. The summed E-state index contributed by atoms with van der Waals surface area (Å²) in [6.45, 7) is 1.53. The van der Waals surface area contributed by atoms with Gasteiger partial charge in [-0.15, -0.1) is 0 Å². The molecule has 1 aromatic heterocycles. The van der Waals surface area contributed by atoms with Crippen molar-refractivity contribution in [2.45, 2.75) is 62.3 Å². The fourth-order valence-corrected chi connectivity index (χ4v) is 6.45. The fraction of sp³-hybridized carbons (Fsp3) is 0.310. The van der Waals surface area contributed by atoms with E-state index in [1.807, 2.05) is 25.1 Å². The van der Waals surface area contributed by atoms with E-state index in [0.717, 1.165) is 57.6 Å². The Morgan fingerprint density at radius 1 is 0.950 bits per heavy atom. The zero-order valence-corrected chi connectivity index (χ0v) is 22.4. The van der Waals surface area contributed by atoms with E-state index in [1.165, 1.54) is 6.07 Å². The third-order valence-corrected chi connectivity index (χ3v) is 9.05. The minimum absolute atomic E-state index is 0.136. The van der Waals surface area contributed by atoms with Crippen LogP contribution in [-0.4, -0.2) is 34.8 Å². The van der Waals surface area contributed by atoms with Crippen molar-refractivity contribution in [2.24, 2.45) is 0 Å². The first kappa shape index (κ1) is 26.6. The van der Waals surface area contributed by atoms with Gasteiger partial charge in [0.15, 0.2) is 0 Å². The van der Waals surface area contributed by atoms with Gasteiger partial charge in [-0.25, -0.2) is 22.8 Å². The minimum atomic E-state index is -4.69. The van der Waals surface area contributed by atoms with Crippen molar-refractivity contribution in [1.82, 2.24) is 14.3 Å². The molecule has 0 atom stereocenters. The fourth-order valence-electron chi connectivity index (χ4n) is 4.74. The van der Waals surface area contributed by atoms with Crippen LogP contribution >= 0.6 is 0 Å². The second-order valence-electron chi connectivity index (χ2n) is 10.4. The maximum atomic E-state index is 15.1. The maximum absolute atomic E-state index is 15.1. The SMILES string of the molecule is Cc1nc(NC2CC2)c2cc(-c3ccc(F)c(CN(C4CC4)S(=O)(=O)c4cccc(C(F)(F)F)c4)c3)ccc2n1. The van der Waals surface area contributed by atoms with Crippen LogP contribution < -0.4 is 5.32 Å². The number of anilines is 1. The molecule has 0 saturated heterocycles. The second-order valence-corrected chi connectivity index (χ2v) is 12.3. The highest BCUT2D eigenvalue weighted by atomic mass is 32.2. The van der Waals surface area contributed by atoms with Gasteiger partial charge < -0.3 is 5.32 Å². The third-order valence-electron chi connectivity index (χ3n) is 7.15. The van der Waals surface area contributed by atoms with Crippen molar-refractivity contribution in [3.8, 4) is 11.1 Å². The summed E-state index contributed by atoms with van der Waals surface area (Å²) < 4.78 is 82.9. The standard InChI is InChI=1S/C29H26F4N4O2S/c1-17-34-27-12-6-19(14-25(27)28(35-17)36-22-7-8-22)18-5-11-26(30)20(13-18)16-37(23-9-10-23)40(38,39)24-4-2-3-21(15-24)29(31,32)33/h2-6,11-15,22-23H,7-10,16H2,1H3,(H,34,35,36). The lowest BCUT2D eigenvalue weighted by molar-refractivity contribution is -0.137. The van der Waals surface area contributed by atoms with Gasteiger partial charge in [-0.3, -0.25) is 0 Å². The van der Waals surface area contributed by atoms with E-state index >= 15 is 4.39 Å². The number of nitrogens with zero attached hydrogens (tertiary/aromatic N) is 3. The van der Waals surface area contributed by atoms with Crippen LogP contribution in [0.15, 0.2) is 65.6 Å². The van der Waals surface area contributed by atoms with Gasteiger partial charge in [-0.2, -0.15) is 17.5 Å². The van der Waals surface area contributed by atoms with Crippen LogP contribution in [0.3, 0.4) is 0 Å². The molecule has 2 fully saturated rings. The first-order chi connectivity index (χ1) is 19.0. The number of hydrogen-bond acceptors (Lipinski definition) is 5. The smallest absolute Gasteiger partial charge is 0.367 e. The van der Waals surface area contributed by atoms with Gasteiger partial charge in [-0.05, 0) is 86.2 Å². The van der Waals surface area contributed by atoms with E-state index < -0.39 is 38.5 Å². The molecule has 0 radical (unpaired) electrons. The number of sulfonamides is 1. The van der Waals surface area contributed by atoms with Crippen molar-refractivity contribution in [3.63, 3.8) is 0 Å². The zero-order chi connectivity index (χ0) is 28.2. The first-order valence-electron chi connectivity index (χ1n) is 13.0. The predicted molar refractivity (Wildman–Crippen MR) is 144 cm³/mol. The molecule has 1 heterocycles. The molecule has 1 N–H and O–H groups in total. The molecule has 0 amide bonds. The third kappa shape index (κ3) is 5.40. The number of aryl methyl sites for hydroxylation is 1. The molecule has 0 aliphatic heterocycles. The highest BCUT2D eigenvalue weighted by Gasteiger charge is 2.40. The van der Waals surface area contributed by atoms with Crippen molar-refractivity contribution in [1.29, 1.82) is 0 Å². The van der Waals surface area contributed by atoms with Crippen LogP contribution in [0.5, 0.6) is 0 Å². The van der Waals surface area contributed by atoms with Gasteiger partial charge in [0.2, 0.25) is 10.0 Å². The monoisotopic (exact) mass is 570 g/mol. The quantitative estimate of drug-likeness (QED) is 0.239. The topological polar surface area (TPSA) is 75.2 Å². The summed E-state index contributed by atoms with van der Waals surface area (Å²) in [5.41, 5.74) is 1.30. The summed E-state index contributed by atoms with van der Waals surface area (Å²) in [5.74, 6) is 0.792. The van der Waals surface area contributed by atoms with Crippen LogP contribution in [0, 0.1) is 12.7 Å². The number of rotatable bonds is 8. The van der Waals surface area contributed by atoms with E-state index in [1.54, 1.807) is 12.1 Å². The number of fused-ring (bicyclic) bond motifs is 1. The van der Waals surface area contributed by atoms with Gasteiger partial charge >= 0.3 is 6.18 Å². The normalized spacial score (nSPS) is 16.1. The summed E-state index contributed by atoms with van der Waals surface area (Å²) in [7, 11) is -4.32. The summed E-state index contributed by atoms with van der Waals surface area (Å²) in [4.78, 5) is 8.62. The molecule has 0 spiro atoms. The average Bonchev–Trinajstić information content (AvgIpc) is 3.83. The predicted octanol–water partition coefficient (Wildman–Crippen LogP) is 6.69. The van der Waals surface area contributed by atoms with Crippen LogP contribution in [0.1, 0.15) is 42.6 Å². The second kappa shape index (κ2) is 9.81. The van der Waals surface area contributed by atoms with Gasteiger partial charge in [-0.1, -0.05) is 18.2 Å². The lowest BCUT2D eigenvalue weighted by atomic mass is 10.0. The number of alkyl halides is 3. The average molecular weight is 571 g/mol. The Morgan fingerprint density at radius 2 is 1.68 bits per heavy atom. The molecular weight excluding hydrogens is 544 g/mol. The van der Waals surface area contributed by atoms with E-state index in [-0.39, 0.29) is 12.1 Å². The summed E-state index contributed by atoms with van der Waals surface area (Å²) in [6.07, 6.45) is -1.42. The summed E-state index contributed by atoms with van der Waals surface area (Å²) >= 11 is 0. The Kier molecular flexibility index (Phi) is 6.53. The first-order valence-corrected chi connectivity index (χ1v) is 14.5. The molecule has 0 unspecified atom stereocenters. The lowest BCUT2D eigenvalue weighted by Crippen LogP contribution is -2.33. The molecule has 3 aromatic carbocycles. The largest absolute Gasteiger partial charge is 0.416 e. The van der Waals surface area contributed by atoms with Crippen molar-refractivity contribution in [3.05, 3.63) is 83.4 Å². The molecule has 4 aromatic rings. The number of nitrogens with one attached hydrogen (secondary N) is 1. The molecular formula is C29H26F4N4O2S. The number of aromatic nitrogens is 2. The molecule has 11 heteroatoms. The molecule has 208 valence electrons. The molecule has 6 rings (SSSR count). The van der Waals surface area contributed by atoms with Crippen LogP contribution in [-0.2, 0) is 22.7 Å². The molecule has 2 aliphatic carbocycles. The van der Waals surface area contributed by atoms with Gasteiger partial charge in [0, 0.05) is 29.6 Å². The van der Waals surface area contributed by atoms with E-state index in [0.29, 0.717) is 36.3 Å². The Hall–Kier alpha value is -3.57. The highest BCUT2D eigenvalue weighted by molar-refractivity contribution is 7.89. The lowest BCUT2D eigenvalue weighted by Gasteiger charge is -2.23. The van der Waals surface area contributed by atoms with Crippen LogP contribution in [0.4, 0.5) is 23.4 Å². The number of benzene rings is 3. The van der Waals surface area contributed by atoms with E-state index in [9.17, 15) is 21.6 Å². The molecule has 2 aliphatic rings. The molecule has 40 heavy (non-hydrogen) atoms. The van der Waals surface area contributed by atoms with Crippen molar-refractivity contribution in [2.75, 3.05) is 5.32 Å². The Morgan fingerprint density at radius 3 is 2.38 bits per heavy atom. The van der Waals surface area contributed by atoms with Gasteiger partial charge in [0.25, 0.3) is 0 Å². The Balaban J connectivity index is 1.35. The summed E-state index contributed by atoms with van der Waals surface area (Å²) in [6, 6.07) is 13.8. The Labute approximate surface area is 229 Å². The maximum Gasteiger partial charge on any atom is 0.416 e. The highest BCUT2D eigenvalue weighted by Crippen LogP contribution is 2.37. The van der Waals surface area contributed by atoms with E-state index in [2.05, 4.69) is 15.3 Å². The molecule has 2 saturated carbocycles. The van der Waals surface area contributed by atoms with Crippen LogP contribution in [0.25, 0.3) is 22.0 Å². The van der Waals surface area contributed by atoms with Crippen molar-refractivity contribution >= 4 is 26.7 Å². The minimum Gasteiger partial charge on any atom is -0.367 e. The van der Waals surface area contributed by atoms with Gasteiger partial charge in [0.1, 0.15) is 17.5 Å².